The fourth-order valence-electron chi connectivity index (χ4n) is 3.14. The summed E-state index contributed by atoms with van der Waals surface area (Å²) >= 11 is 0. The molecule has 0 aliphatic heterocycles. The van der Waals surface area contributed by atoms with Crippen molar-refractivity contribution >= 4 is 17.4 Å². The lowest BCUT2D eigenvalue weighted by Gasteiger charge is -2.26. The average molecular weight is 402 g/mol. The second-order valence-corrected chi connectivity index (χ2v) is 7.94. The molecule has 1 aromatic carbocycles. The first-order valence-electron chi connectivity index (χ1n) is 9.68. The largest absolute Gasteiger partial charge is 0.383 e. The van der Waals surface area contributed by atoms with E-state index in [1.807, 2.05) is 33.8 Å². The number of nitrogens with zero attached hydrogens (tertiary/aromatic N) is 2. The Labute approximate surface area is 170 Å². The molecule has 1 aromatic heterocycles. The van der Waals surface area contributed by atoms with Gasteiger partial charge in [-0.3, -0.25) is 19.1 Å². The van der Waals surface area contributed by atoms with Crippen molar-refractivity contribution < 1.29 is 9.53 Å². The van der Waals surface area contributed by atoms with Gasteiger partial charge < -0.3 is 15.4 Å². The number of methoxy groups -OCH3 is 1. The van der Waals surface area contributed by atoms with Crippen molar-refractivity contribution in [3.63, 3.8) is 0 Å². The van der Waals surface area contributed by atoms with E-state index in [0.717, 1.165) is 5.56 Å². The molecule has 0 saturated carbocycles. The van der Waals surface area contributed by atoms with Crippen LogP contribution in [0.1, 0.15) is 43.6 Å². The summed E-state index contributed by atoms with van der Waals surface area (Å²) in [6.45, 7) is 8.74. The van der Waals surface area contributed by atoms with Crippen molar-refractivity contribution in [3.05, 3.63) is 56.2 Å². The Bertz CT molecular complexity index is 975. The van der Waals surface area contributed by atoms with Crippen molar-refractivity contribution in [2.24, 2.45) is 11.8 Å². The van der Waals surface area contributed by atoms with Crippen LogP contribution in [0.4, 0.5) is 11.5 Å². The van der Waals surface area contributed by atoms with Gasteiger partial charge in [-0.05, 0) is 29.5 Å². The second-order valence-electron chi connectivity index (χ2n) is 7.94. The van der Waals surface area contributed by atoms with E-state index in [1.54, 1.807) is 25.3 Å². The highest BCUT2D eigenvalue weighted by molar-refractivity contribution is 6.07. The summed E-state index contributed by atoms with van der Waals surface area (Å²) in [5, 5.41) is 0. The highest BCUT2D eigenvalue weighted by Crippen LogP contribution is 2.22. The summed E-state index contributed by atoms with van der Waals surface area (Å²) in [7, 11) is 1.58. The van der Waals surface area contributed by atoms with Crippen molar-refractivity contribution in [3.8, 4) is 0 Å². The number of carbonyl (C=O) groups excluding carboxylic acids is 1. The number of aromatic nitrogens is 2. The molecule has 158 valence electrons. The number of ether oxygens (including phenoxy) is 1. The lowest BCUT2D eigenvalue weighted by Crippen LogP contribution is -2.43. The lowest BCUT2D eigenvalue weighted by molar-refractivity contribution is 0.0983. The molecule has 0 spiro atoms. The summed E-state index contributed by atoms with van der Waals surface area (Å²) < 4.78 is 6.45. The first-order valence-corrected chi connectivity index (χ1v) is 9.68. The summed E-state index contributed by atoms with van der Waals surface area (Å²) in [6, 6.07) is 7.04. The molecule has 1 amide bonds. The van der Waals surface area contributed by atoms with Crippen LogP contribution in [-0.2, 0) is 17.9 Å². The number of rotatable bonds is 8. The number of nitrogens with two attached hydrogens (primary N) is 1. The van der Waals surface area contributed by atoms with Crippen molar-refractivity contribution in [2.45, 2.75) is 40.8 Å². The fourth-order valence-corrected chi connectivity index (χ4v) is 3.14. The van der Waals surface area contributed by atoms with Crippen LogP contribution in [0.5, 0.6) is 0 Å². The molecular formula is C21H30N4O4. The average Bonchev–Trinajstić information content (AvgIpc) is 2.63. The smallest absolute Gasteiger partial charge is 0.330 e. The molecule has 1 heterocycles. The van der Waals surface area contributed by atoms with Gasteiger partial charge in [0.2, 0.25) is 0 Å². The fraction of sp³-hybridized carbons (Fsp3) is 0.476. The van der Waals surface area contributed by atoms with Gasteiger partial charge in [-0.2, -0.15) is 0 Å². The van der Waals surface area contributed by atoms with E-state index >= 15 is 0 Å². The van der Waals surface area contributed by atoms with Gasteiger partial charge in [0.05, 0.1) is 6.61 Å². The SMILES string of the molecule is COCc1cccc(C(=O)N(CC(C)C)c2c(N)n(CC(C)C)c(=O)[nH]c2=O)c1. The Balaban J connectivity index is 2.61. The van der Waals surface area contributed by atoms with Gasteiger partial charge in [0.15, 0.2) is 5.69 Å². The molecule has 29 heavy (non-hydrogen) atoms. The molecule has 8 heteroatoms. The van der Waals surface area contributed by atoms with E-state index in [0.29, 0.717) is 18.7 Å². The zero-order chi connectivity index (χ0) is 21.7. The van der Waals surface area contributed by atoms with Gasteiger partial charge >= 0.3 is 5.69 Å². The van der Waals surface area contributed by atoms with Gasteiger partial charge in [0, 0.05) is 25.8 Å². The van der Waals surface area contributed by atoms with Gasteiger partial charge in [0.1, 0.15) is 5.82 Å². The van der Waals surface area contributed by atoms with E-state index in [1.165, 1.54) is 9.47 Å². The molecule has 2 rings (SSSR count). The van der Waals surface area contributed by atoms with Crippen molar-refractivity contribution in [2.75, 3.05) is 24.3 Å². The van der Waals surface area contributed by atoms with Crippen LogP contribution in [0.25, 0.3) is 0 Å². The van der Waals surface area contributed by atoms with E-state index < -0.39 is 11.2 Å². The van der Waals surface area contributed by atoms with Gasteiger partial charge in [0.25, 0.3) is 11.5 Å². The Morgan fingerprint density at radius 3 is 2.48 bits per heavy atom. The first kappa shape index (κ1) is 22.4. The molecule has 0 aliphatic carbocycles. The Morgan fingerprint density at radius 2 is 1.90 bits per heavy atom. The van der Waals surface area contributed by atoms with Crippen LogP contribution < -0.4 is 21.9 Å². The maximum Gasteiger partial charge on any atom is 0.330 e. The normalized spacial score (nSPS) is 11.3. The number of nitrogens with one attached hydrogen (secondary N) is 1. The first-order chi connectivity index (χ1) is 13.6. The number of hydrogen-bond acceptors (Lipinski definition) is 5. The maximum absolute atomic E-state index is 13.3. The molecule has 0 atom stereocenters. The van der Waals surface area contributed by atoms with Gasteiger partial charge in [-0.1, -0.05) is 39.8 Å². The molecule has 3 N–H and O–H groups in total. The van der Waals surface area contributed by atoms with Gasteiger partial charge in [-0.15, -0.1) is 0 Å². The van der Waals surface area contributed by atoms with Crippen LogP contribution in [-0.4, -0.2) is 29.1 Å². The Hall–Kier alpha value is -2.87. The topological polar surface area (TPSA) is 110 Å². The highest BCUT2D eigenvalue weighted by atomic mass is 16.5. The third kappa shape index (κ3) is 5.35. The molecule has 8 nitrogen and oxygen atoms in total. The standard InChI is InChI=1S/C21H30N4O4/c1-13(2)10-24(20(27)16-8-6-7-15(9-16)12-29-5)17-18(22)25(11-14(3)4)21(28)23-19(17)26/h6-9,13-14H,10-12,22H2,1-5H3,(H,23,26,28). The molecule has 0 unspecified atom stereocenters. The predicted molar refractivity (Wildman–Crippen MR) is 114 cm³/mol. The van der Waals surface area contributed by atoms with Crippen molar-refractivity contribution in [1.82, 2.24) is 9.55 Å². The number of benzene rings is 1. The molecule has 2 aromatic rings. The molecule has 0 radical (unpaired) electrons. The lowest BCUT2D eigenvalue weighted by atomic mass is 10.1. The molecule has 0 saturated heterocycles. The van der Waals surface area contributed by atoms with Crippen LogP contribution in [0.3, 0.4) is 0 Å². The van der Waals surface area contributed by atoms with E-state index in [4.69, 9.17) is 10.5 Å². The number of anilines is 2. The number of amides is 1. The Morgan fingerprint density at radius 1 is 1.21 bits per heavy atom. The zero-order valence-corrected chi connectivity index (χ0v) is 17.7. The third-order valence-electron chi connectivity index (χ3n) is 4.31. The molecule has 0 aliphatic rings. The van der Waals surface area contributed by atoms with E-state index in [9.17, 15) is 14.4 Å². The third-order valence-corrected chi connectivity index (χ3v) is 4.31. The second kappa shape index (κ2) is 9.56. The van der Waals surface area contributed by atoms with Crippen LogP contribution in [0.2, 0.25) is 0 Å². The summed E-state index contributed by atoms with van der Waals surface area (Å²) in [4.78, 5) is 41.9. The summed E-state index contributed by atoms with van der Waals surface area (Å²) in [6.07, 6.45) is 0. The van der Waals surface area contributed by atoms with Crippen LogP contribution in [0.15, 0.2) is 33.9 Å². The zero-order valence-electron chi connectivity index (χ0n) is 17.7. The minimum Gasteiger partial charge on any atom is -0.383 e. The number of nitrogen functional groups attached to an aromatic ring is 1. The van der Waals surface area contributed by atoms with E-state index in [2.05, 4.69) is 4.98 Å². The summed E-state index contributed by atoms with van der Waals surface area (Å²) in [5.41, 5.74) is 6.24. The van der Waals surface area contributed by atoms with Crippen molar-refractivity contribution in [1.29, 1.82) is 0 Å². The Kier molecular flexibility index (Phi) is 7.39. The minimum atomic E-state index is -0.672. The monoisotopic (exact) mass is 402 g/mol. The number of carbonyl (C=O) groups is 1. The molecule has 0 bridgehead atoms. The maximum atomic E-state index is 13.3. The van der Waals surface area contributed by atoms with Gasteiger partial charge in [-0.25, -0.2) is 4.79 Å². The quantitative estimate of drug-likeness (QED) is 0.703. The van der Waals surface area contributed by atoms with Crippen LogP contribution >= 0.6 is 0 Å². The number of H-pyrrole nitrogens is 1. The number of aromatic amines is 1. The van der Waals surface area contributed by atoms with Crippen LogP contribution in [0, 0.1) is 11.8 Å². The van der Waals surface area contributed by atoms with E-state index in [-0.39, 0.29) is 35.8 Å². The molecular weight excluding hydrogens is 372 g/mol. The number of hydrogen-bond donors (Lipinski definition) is 2. The highest BCUT2D eigenvalue weighted by Gasteiger charge is 2.26. The summed E-state index contributed by atoms with van der Waals surface area (Å²) in [5.74, 6) is -0.155. The predicted octanol–water partition coefficient (Wildman–Crippen LogP) is 2.22. The molecule has 0 fully saturated rings. The minimum absolute atomic E-state index is 0.00101.